The van der Waals surface area contributed by atoms with Gasteiger partial charge >= 0.3 is 0 Å². The number of alkyl halides is 1. The zero-order chi connectivity index (χ0) is 11.3. The summed E-state index contributed by atoms with van der Waals surface area (Å²) in [4.78, 5) is 0. The molecule has 0 aliphatic heterocycles. The summed E-state index contributed by atoms with van der Waals surface area (Å²) in [6.07, 6.45) is 0. The van der Waals surface area contributed by atoms with E-state index in [4.69, 9.17) is 14.2 Å². The van der Waals surface area contributed by atoms with Crippen LogP contribution in [0.2, 0.25) is 0 Å². The lowest BCUT2D eigenvalue weighted by Crippen LogP contribution is -2.00. The van der Waals surface area contributed by atoms with E-state index in [1.807, 2.05) is 12.1 Å². The van der Waals surface area contributed by atoms with E-state index in [0.717, 1.165) is 22.6 Å². The molecule has 0 bridgehead atoms. The van der Waals surface area contributed by atoms with E-state index in [9.17, 15) is 0 Å². The van der Waals surface area contributed by atoms with Crippen LogP contribution in [0, 0.1) is 0 Å². The van der Waals surface area contributed by atoms with E-state index < -0.39 is 0 Å². The molecule has 4 heteroatoms. The molecule has 1 rings (SSSR count). The Kier molecular flexibility index (Phi) is 4.91. The summed E-state index contributed by atoms with van der Waals surface area (Å²) in [5, 5.41) is 0.714. The van der Waals surface area contributed by atoms with Gasteiger partial charge in [0.2, 0.25) is 0 Å². The highest BCUT2D eigenvalue weighted by Crippen LogP contribution is 2.35. The van der Waals surface area contributed by atoms with Crippen molar-refractivity contribution < 1.29 is 14.2 Å². The van der Waals surface area contributed by atoms with Crippen LogP contribution in [0.25, 0.3) is 0 Å². The number of hydrogen-bond donors (Lipinski definition) is 0. The molecule has 0 unspecified atom stereocenters. The second-order valence-electron chi connectivity index (χ2n) is 3.01. The number of halogens is 1. The summed E-state index contributed by atoms with van der Waals surface area (Å²) in [7, 11) is 4.95. The molecule has 0 atom stereocenters. The van der Waals surface area contributed by atoms with Crippen LogP contribution in [0.1, 0.15) is 11.1 Å². The average molecular weight is 275 g/mol. The van der Waals surface area contributed by atoms with Gasteiger partial charge in [0.25, 0.3) is 0 Å². The van der Waals surface area contributed by atoms with Crippen molar-refractivity contribution in [1.82, 2.24) is 0 Å². The van der Waals surface area contributed by atoms with Gasteiger partial charge in [-0.25, -0.2) is 0 Å². The van der Waals surface area contributed by atoms with Crippen LogP contribution in [0.15, 0.2) is 12.1 Å². The van der Waals surface area contributed by atoms with E-state index in [2.05, 4.69) is 15.9 Å². The molecular weight excluding hydrogens is 260 g/mol. The first-order valence-electron chi connectivity index (χ1n) is 4.56. The van der Waals surface area contributed by atoms with Crippen LogP contribution in [0.5, 0.6) is 11.5 Å². The smallest absolute Gasteiger partial charge is 0.165 e. The summed E-state index contributed by atoms with van der Waals surface area (Å²) in [6.45, 7) is 0.571. The number of rotatable bonds is 5. The monoisotopic (exact) mass is 274 g/mol. The predicted octanol–water partition coefficient (Wildman–Crippen LogP) is 2.75. The van der Waals surface area contributed by atoms with Crippen molar-refractivity contribution in [2.45, 2.75) is 11.9 Å². The van der Waals surface area contributed by atoms with Crippen molar-refractivity contribution >= 4 is 15.9 Å². The zero-order valence-corrected chi connectivity index (χ0v) is 10.8. The first-order chi connectivity index (χ1) is 7.28. The number of benzene rings is 1. The first kappa shape index (κ1) is 12.3. The second kappa shape index (κ2) is 5.98. The Hall–Kier alpha value is -0.740. The molecule has 0 aliphatic rings. The van der Waals surface area contributed by atoms with Crippen LogP contribution in [-0.4, -0.2) is 21.3 Å². The Balaban J connectivity index is 3.21. The third-order valence-electron chi connectivity index (χ3n) is 2.18. The maximum Gasteiger partial charge on any atom is 0.165 e. The minimum atomic E-state index is 0.571. The Morgan fingerprint density at radius 2 is 1.87 bits per heavy atom. The van der Waals surface area contributed by atoms with Crippen LogP contribution in [-0.2, 0) is 16.7 Å². The average Bonchev–Trinajstić information content (AvgIpc) is 2.28. The lowest BCUT2D eigenvalue weighted by Gasteiger charge is -2.14. The molecule has 1 aromatic rings. The summed E-state index contributed by atoms with van der Waals surface area (Å²) in [6, 6.07) is 3.88. The van der Waals surface area contributed by atoms with Crippen molar-refractivity contribution in [2.24, 2.45) is 0 Å². The van der Waals surface area contributed by atoms with Crippen molar-refractivity contribution in [2.75, 3.05) is 21.3 Å². The summed E-state index contributed by atoms with van der Waals surface area (Å²) in [5.41, 5.74) is 2.17. The van der Waals surface area contributed by atoms with Gasteiger partial charge in [0.15, 0.2) is 11.5 Å². The van der Waals surface area contributed by atoms with Gasteiger partial charge in [-0.05, 0) is 11.6 Å². The molecule has 0 radical (unpaired) electrons. The molecule has 3 nitrogen and oxygen atoms in total. The normalized spacial score (nSPS) is 10.1. The third kappa shape index (κ3) is 2.63. The van der Waals surface area contributed by atoms with Gasteiger partial charge in [-0.1, -0.05) is 22.0 Å². The molecule has 0 aliphatic carbocycles. The number of methoxy groups -OCH3 is 3. The maximum absolute atomic E-state index is 5.33. The SMILES string of the molecule is COCc1ccc(OC)c(OC)c1CBr. The first-order valence-corrected chi connectivity index (χ1v) is 5.68. The highest BCUT2D eigenvalue weighted by molar-refractivity contribution is 9.08. The topological polar surface area (TPSA) is 27.7 Å². The third-order valence-corrected chi connectivity index (χ3v) is 2.74. The summed E-state index contributed by atoms with van der Waals surface area (Å²) >= 11 is 3.44. The van der Waals surface area contributed by atoms with E-state index in [0.29, 0.717) is 11.9 Å². The molecule has 1 aromatic carbocycles. The fourth-order valence-electron chi connectivity index (χ4n) is 1.47. The molecule has 84 valence electrons. The van der Waals surface area contributed by atoms with Crippen LogP contribution < -0.4 is 9.47 Å². The number of hydrogen-bond acceptors (Lipinski definition) is 3. The predicted molar refractivity (Wildman–Crippen MR) is 62.9 cm³/mol. The quantitative estimate of drug-likeness (QED) is 0.773. The minimum absolute atomic E-state index is 0.571. The van der Waals surface area contributed by atoms with Gasteiger partial charge < -0.3 is 14.2 Å². The van der Waals surface area contributed by atoms with Gasteiger partial charge in [-0.2, -0.15) is 0 Å². The lowest BCUT2D eigenvalue weighted by molar-refractivity contribution is 0.184. The number of ether oxygens (including phenoxy) is 3. The molecule has 0 aromatic heterocycles. The molecule has 0 heterocycles. The standard InChI is InChI=1S/C11H15BrO3/c1-13-7-8-4-5-10(14-2)11(15-3)9(8)6-12/h4-5H,6-7H2,1-3H3. The molecule has 0 saturated carbocycles. The van der Waals surface area contributed by atoms with Crippen molar-refractivity contribution in [3.8, 4) is 11.5 Å². The van der Waals surface area contributed by atoms with E-state index in [1.165, 1.54) is 0 Å². The van der Waals surface area contributed by atoms with E-state index in [-0.39, 0.29) is 0 Å². The molecule has 15 heavy (non-hydrogen) atoms. The van der Waals surface area contributed by atoms with Gasteiger partial charge in [0.05, 0.1) is 20.8 Å². The van der Waals surface area contributed by atoms with Crippen LogP contribution in [0.4, 0.5) is 0 Å². The van der Waals surface area contributed by atoms with Crippen molar-refractivity contribution in [1.29, 1.82) is 0 Å². The van der Waals surface area contributed by atoms with Gasteiger partial charge in [0, 0.05) is 18.0 Å². The Labute approximate surface area is 98.5 Å². The zero-order valence-electron chi connectivity index (χ0n) is 9.17. The molecule has 0 N–H and O–H groups in total. The van der Waals surface area contributed by atoms with Crippen LogP contribution in [0.3, 0.4) is 0 Å². The highest BCUT2D eigenvalue weighted by Gasteiger charge is 2.13. The molecular formula is C11H15BrO3. The van der Waals surface area contributed by atoms with E-state index >= 15 is 0 Å². The fourth-order valence-corrected chi connectivity index (χ4v) is 2.08. The fraction of sp³-hybridized carbons (Fsp3) is 0.455. The molecule has 0 saturated heterocycles. The lowest BCUT2D eigenvalue weighted by atomic mass is 10.1. The molecule has 0 spiro atoms. The summed E-state index contributed by atoms with van der Waals surface area (Å²) < 4.78 is 15.7. The molecule has 0 fully saturated rings. The Morgan fingerprint density at radius 1 is 1.13 bits per heavy atom. The summed E-state index contributed by atoms with van der Waals surface area (Å²) in [5.74, 6) is 1.51. The Bertz CT molecular complexity index is 326. The van der Waals surface area contributed by atoms with Gasteiger partial charge in [-0.15, -0.1) is 0 Å². The van der Waals surface area contributed by atoms with Gasteiger partial charge in [-0.3, -0.25) is 0 Å². The Morgan fingerprint density at radius 3 is 2.33 bits per heavy atom. The highest BCUT2D eigenvalue weighted by atomic mass is 79.9. The maximum atomic E-state index is 5.33. The van der Waals surface area contributed by atoms with Crippen LogP contribution >= 0.6 is 15.9 Å². The molecule has 0 amide bonds. The minimum Gasteiger partial charge on any atom is -0.493 e. The van der Waals surface area contributed by atoms with Crippen molar-refractivity contribution in [3.05, 3.63) is 23.3 Å². The second-order valence-corrected chi connectivity index (χ2v) is 3.57. The van der Waals surface area contributed by atoms with Crippen molar-refractivity contribution in [3.63, 3.8) is 0 Å². The van der Waals surface area contributed by atoms with E-state index in [1.54, 1.807) is 21.3 Å². The van der Waals surface area contributed by atoms with Gasteiger partial charge in [0.1, 0.15) is 0 Å². The largest absolute Gasteiger partial charge is 0.493 e.